The molecule has 0 aromatic rings. The predicted molar refractivity (Wildman–Crippen MR) is 78.1 cm³/mol. The lowest BCUT2D eigenvalue weighted by atomic mass is 10.1. The molecule has 0 saturated carbocycles. The topological polar surface area (TPSA) is 49.4 Å². The molecule has 0 bridgehead atoms. The summed E-state index contributed by atoms with van der Waals surface area (Å²) in [6, 6.07) is 0. The third-order valence-electron chi connectivity index (χ3n) is 2.36. The highest BCUT2D eigenvalue weighted by Crippen LogP contribution is 2.18. The summed E-state index contributed by atoms with van der Waals surface area (Å²) in [7, 11) is 1.51. The van der Waals surface area contributed by atoms with Gasteiger partial charge in [0.1, 0.15) is 5.70 Å². The molecule has 0 atom stereocenters. The van der Waals surface area contributed by atoms with Gasteiger partial charge in [-0.25, -0.2) is 0 Å². The Hall–Kier alpha value is -2.10. The van der Waals surface area contributed by atoms with Gasteiger partial charge in [0, 0.05) is 18.8 Å². The Morgan fingerprint density at radius 1 is 1.16 bits per heavy atom. The number of hydrogen-bond donors (Lipinski definition) is 1. The molecule has 0 radical (unpaired) electrons. The number of rotatable bonds is 5. The molecule has 19 heavy (non-hydrogen) atoms. The number of amides is 2. The van der Waals surface area contributed by atoms with E-state index >= 15 is 0 Å². The van der Waals surface area contributed by atoms with Gasteiger partial charge in [-0.05, 0) is 33.3 Å². The van der Waals surface area contributed by atoms with E-state index in [1.54, 1.807) is 13.8 Å². The second-order valence-corrected chi connectivity index (χ2v) is 4.45. The summed E-state index contributed by atoms with van der Waals surface area (Å²) in [5.74, 6) is -0.650. The minimum Gasteiger partial charge on any atom is -0.354 e. The van der Waals surface area contributed by atoms with Crippen molar-refractivity contribution in [2.75, 3.05) is 7.05 Å². The van der Waals surface area contributed by atoms with Gasteiger partial charge in [-0.1, -0.05) is 24.8 Å². The summed E-state index contributed by atoms with van der Waals surface area (Å²) in [6.07, 6.45) is 3.00. The second kappa shape index (κ2) is 7.36. The molecule has 0 aromatic carbocycles. The molecule has 0 aliphatic rings. The van der Waals surface area contributed by atoms with Crippen LogP contribution in [0.25, 0.3) is 0 Å². The van der Waals surface area contributed by atoms with E-state index < -0.39 is 0 Å². The molecular weight excluding hydrogens is 240 g/mol. The smallest absolute Gasteiger partial charge is 0.268 e. The van der Waals surface area contributed by atoms with E-state index in [1.165, 1.54) is 24.1 Å². The highest BCUT2D eigenvalue weighted by atomic mass is 16.2. The van der Waals surface area contributed by atoms with Crippen LogP contribution in [0.2, 0.25) is 0 Å². The van der Waals surface area contributed by atoms with Crippen molar-refractivity contribution in [3.63, 3.8) is 0 Å². The fraction of sp³-hybridized carbons (Fsp3) is 0.333. The number of hydrogen-bond acceptors (Lipinski definition) is 2. The molecule has 0 fully saturated rings. The molecular formula is C15H22N2O2. The third-order valence-corrected chi connectivity index (χ3v) is 2.36. The first kappa shape index (κ1) is 16.9. The Balaban J connectivity index is 5.90. The number of carbonyl (C=O) groups is 2. The molecule has 2 amide bonds. The van der Waals surface area contributed by atoms with Gasteiger partial charge in [0.2, 0.25) is 0 Å². The maximum Gasteiger partial charge on any atom is 0.268 e. The average Bonchev–Trinajstić information content (AvgIpc) is 2.32. The van der Waals surface area contributed by atoms with E-state index in [0.29, 0.717) is 11.3 Å². The predicted octanol–water partition coefficient (Wildman–Crippen LogP) is 2.52. The zero-order valence-corrected chi connectivity index (χ0v) is 12.3. The van der Waals surface area contributed by atoms with Crippen LogP contribution in [-0.4, -0.2) is 23.8 Å². The number of likely N-dealkylation sites (N-methyl/N-ethyl adjacent to an activating group) is 1. The average molecular weight is 262 g/mol. The fourth-order valence-electron chi connectivity index (χ4n) is 1.47. The molecule has 0 rings (SSSR count). The monoisotopic (exact) mass is 262 g/mol. The maximum absolute atomic E-state index is 12.2. The molecule has 4 heteroatoms. The largest absolute Gasteiger partial charge is 0.354 e. The van der Waals surface area contributed by atoms with Crippen LogP contribution in [0.3, 0.4) is 0 Å². The zero-order valence-electron chi connectivity index (χ0n) is 12.3. The number of nitrogens with zero attached hydrogens (tertiary/aromatic N) is 1. The van der Waals surface area contributed by atoms with Gasteiger partial charge in [-0.15, -0.1) is 0 Å². The normalized spacial score (nSPS) is 11.0. The van der Waals surface area contributed by atoms with Crippen molar-refractivity contribution in [3.8, 4) is 0 Å². The van der Waals surface area contributed by atoms with E-state index in [0.717, 1.165) is 5.57 Å². The Kier molecular flexibility index (Phi) is 6.55. The van der Waals surface area contributed by atoms with Crippen molar-refractivity contribution >= 4 is 11.8 Å². The van der Waals surface area contributed by atoms with Crippen molar-refractivity contribution in [1.29, 1.82) is 0 Å². The number of carbonyl (C=O) groups excluding carboxylic acids is 2. The molecule has 0 aliphatic carbocycles. The van der Waals surface area contributed by atoms with Gasteiger partial charge < -0.3 is 5.32 Å². The van der Waals surface area contributed by atoms with Crippen LogP contribution in [0.5, 0.6) is 0 Å². The van der Waals surface area contributed by atoms with Crippen LogP contribution in [0, 0.1) is 0 Å². The third kappa shape index (κ3) is 4.58. The van der Waals surface area contributed by atoms with Crippen LogP contribution in [-0.2, 0) is 9.59 Å². The van der Waals surface area contributed by atoms with Crippen molar-refractivity contribution < 1.29 is 9.59 Å². The van der Waals surface area contributed by atoms with Crippen molar-refractivity contribution in [2.24, 2.45) is 0 Å². The lowest BCUT2D eigenvalue weighted by Crippen LogP contribution is -2.36. The van der Waals surface area contributed by atoms with E-state index in [4.69, 9.17) is 0 Å². The standard InChI is InChI=1S/C15H22N2O2/c1-8-12(6)14(15(19)16-7)17(11(4)5)13(18)9-10(2)3/h8-9H,1,4H2,2-3,5-7H3,(H,16,19)/b14-12-. The van der Waals surface area contributed by atoms with Gasteiger partial charge in [0.25, 0.3) is 11.8 Å². The van der Waals surface area contributed by atoms with Gasteiger partial charge in [0.15, 0.2) is 0 Å². The van der Waals surface area contributed by atoms with E-state index in [2.05, 4.69) is 18.5 Å². The first-order valence-electron chi connectivity index (χ1n) is 5.96. The molecule has 0 unspecified atom stereocenters. The van der Waals surface area contributed by atoms with Crippen molar-refractivity contribution in [2.45, 2.75) is 27.7 Å². The molecule has 1 N–H and O–H groups in total. The Morgan fingerprint density at radius 2 is 1.68 bits per heavy atom. The first-order valence-corrected chi connectivity index (χ1v) is 5.96. The first-order chi connectivity index (χ1) is 8.76. The lowest BCUT2D eigenvalue weighted by molar-refractivity contribution is -0.127. The minimum atomic E-state index is -0.351. The lowest BCUT2D eigenvalue weighted by Gasteiger charge is -2.24. The number of allylic oxidation sites excluding steroid dienone is 4. The van der Waals surface area contributed by atoms with E-state index in [-0.39, 0.29) is 17.5 Å². The van der Waals surface area contributed by atoms with Crippen LogP contribution in [0.4, 0.5) is 0 Å². The minimum absolute atomic E-state index is 0.243. The summed E-state index contributed by atoms with van der Waals surface area (Å²) in [5.41, 5.74) is 2.18. The molecule has 0 saturated heterocycles. The highest BCUT2D eigenvalue weighted by Gasteiger charge is 2.23. The van der Waals surface area contributed by atoms with E-state index in [1.807, 2.05) is 13.8 Å². The summed E-state index contributed by atoms with van der Waals surface area (Å²) in [5, 5.41) is 2.52. The van der Waals surface area contributed by atoms with Crippen LogP contribution >= 0.6 is 0 Å². The van der Waals surface area contributed by atoms with Crippen molar-refractivity contribution in [3.05, 3.63) is 47.9 Å². The highest BCUT2D eigenvalue weighted by molar-refractivity contribution is 6.02. The Bertz CT molecular complexity index is 467. The quantitative estimate of drug-likeness (QED) is 0.611. The second-order valence-electron chi connectivity index (χ2n) is 4.45. The molecule has 0 heterocycles. The fourth-order valence-corrected chi connectivity index (χ4v) is 1.47. The van der Waals surface area contributed by atoms with Gasteiger partial charge >= 0.3 is 0 Å². The summed E-state index contributed by atoms with van der Waals surface area (Å²) < 4.78 is 0. The van der Waals surface area contributed by atoms with Crippen LogP contribution in [0.15, 0.2) is 47.9 Å². The summed E-state index contributed by atoms with van der Waals surface area (Å²) in [4.78, 5) is 25.5. The Morgan fingerprint density at radius 3 is 2.00 bits per heavy atom. The summed E-state index contributed by atoms with van der Waals surface area (Å²) >= 11 is 0. The molecule has 0 aliphatic heterocycles. The van der Waals surface area contributed by atoms with Gasteiger partial charge in [0.05, 0.1) is 0 Å². The molecule has 0 aromatic heterocycles. The van der Waals surface area contributed by atoms with Crippen LogP contribution in [0.1, 0.15) is 27.7 Å². The molecule has 4 nitrogen and oxygen atoms in total. The Labute approximate surface area is 115 Å². The molecule has 104 valence electrons. The number of nitrogens with one attached hydrogen (secondary N) is 1. The maximum atomic E-state index is 12.2. The zero-order chi connectivity index (χ0) is 15.2. The molecule has 0 spiro atoms. The summed E-state index contributed by atoms with van der Waals surface area (Å²) in [6.45, 7) is 14.4. The van der Waals surface area contributed by atoms with Gasteiger partial charge in [-0.3, -0.25) is 14.5 Å². The van der Waals surface area contributed by atoms with Crippen LogP contribution < -0.4 is 5.32 Å². The van der Waals surface area contributed by atoms with Gasteiger partial charge in [-0.2, -0.15) is 0 Å². The van der Waals surface area contributed by atoms with E-state index in [9.17, 15) is 9.59 Å². The SMILES string of the molecule is C=C/C(C)=C(/C(=O)NC)N(C(=C)C)C(=O)C=C(C)C. The van der Waals surface area contributed by atoms with Crippen molar-refractivity contribution in [1.82, 2.24) is 10.2 Å².